The molecule has 0 saturated carbocycles. The van der Waals surface area contributed by atoms with Crippen LogP contribution in [0.3, 0.4) is 0 Å². The molecule has 0 aliphatic carbocycles. The maximum Gasteiger partial charge on any atom is 0.344 e. The molecular formula is C15H13IO3. The van der Waals surface area contributed by atoms with Crippen molar-refractivity contribution >= 4 is 28.6 Å². The largest absolute Gasteiger partial charge is 0.497 e. The van der Waals surface area contributed by atoms with Crippen molar-refractivity contribution in [3.05, 3.63) is 57.2 Å². The number of benzene rings is 2. The molecule has 0 aliphatic heterocycles. The van der Waals surface area contributed by atoms with Crippen LogP contribution in [0.1, 0.15) is 15.9 Å². The van der Waals surface area contributed by atoms with E-state index >= 15 is 0 Å². The van der Waals surface area contributed by atoms with Gasteiger partial charge in [-0.1, -0.05) is 12.1 Å². The zero-order valence-corrected chi connectivity index (χ0v) is 12.8. The second-order valence-electron chi connectivity index (χ2n) is 4.00. The third kappa shape index (κ3) is 3.26. The lowest BCUT2D eigenvalue weighted by molar-refractivity contribution is 0.0733. The van der Waals surface area contributed by atoms with Crippen LogP contribution in [-0.4, -0.2) is 13.1 Å². The number of ether oxygens (including phenoxy) is 2. The Morgan fingerprint density at radius 3 is 2.32 bits per heavy atom. The molecule has 0 aromatic heterocycles. The van der Waals surface area contributed by atoms with E-state index in [9.17, 15) is 4.79 Å². The van der Waals surface area contributed by atoms with Crippen molar-refractivity contribution in [2.45, 2.75) is 6.92 Å². The van der Waals surface area contributed by atoms with E-state index in [0.29, 0.717) is 11.3 Å². The zero-order valence-electron chi connectivity index (χ0n) is 10.6. The summed E-state index contributed by atoms with van der Waals surface area (Å²) in [5, 5.41) is 0. The second-order valence-corrected chi connectivity index (χ2v) is 5.08. The van der Waals surface area contributed by atoms with Crippen LogP contribution in [0.25, 0.3) is 0 Å². The summed E-state index contributed by atoms with van der Waals surface area (Å²) < 4.78 is 11.3. The molecule has 4 heteroatoms. The number of aryl methyl sites for hydroxylation is 1. The summed E-state index contributed by atoms with van der Waals surface area (Å²) in [4.78, 5) is 12.1. The Morgan fingerprint density at radius 2 is 1.68 bits per heavy atom. The van der Waals surface area contributed by atoms with Crippen LogP contribution in [0.2, 0.25) is 0 Å². The fraction of sp³-hybridized carbons (Fsp3) is 0.133. The molecule has 2 aromatic carbocycles. The van der Waals surface area contributed by atoms with Gasteiger partial charge >= 0.3 is 5.97 Å². The van der Waals surface area contributed by atoms with Crippen molar-refractivity contribution in [3.8, 4) is 11.5 Å². The molecule has 0 spiro atoms. The van der Waals surface area contributed by atoms with Crippen LogP contribution in [0.15, 0.2) is 42.5 Å². The van der Waals surface area contributed by atoms with Crippen molar-refractivity contribution < 1.29 is 14.3 Å². The Kier molecular flexibility index (Phi) is 4.42. The molecule has 2 aromatic rings. The lowest BCUT2D eigenvalue weighted by atomic mass is 10.1. The molecule has 0 bridgehead atoms. The van der Waals surface area contributed by atoms with Gasteiger partial charge in [-0.05, 0) is 65.4 Å². The minimum absolute atomic E-state index is 0.349. The molecular weight excluding hydrogens is 355 g/mol. The molecule has 0 aliphatic rings. The van der Waals surface area contributed by atoms with Gasteiger partial charge in [0.2, 0.25) is 0 Å². The summed E-state index contributed by atoms with van der Waals surface area (Å²) in [5.41, 5.74) is 1.64. The van der Waals surface area contributed by atoms with Gasteiger partial charge in [0.05, 0.1) is 12.7 Å². The third-order valence-corrected chi connectivity index (χ3v) is 4.11. The first kappa shape index (κ1) is 13.9. The molecule has 0 amide bonds. The maximum atomic E-state index is 12.1. The van der Waals surface area contributed by atoms with Crippen LogP contribution >= 0.6 is 22.6 Å². The Hall–Kier alpha value is -1.56. The second kappa shape index (κ2) is 6.06. The van der Waals surface area contributed by atoms with Gasteiger partial charge in [-0.15, -0.1) is 0 Å². The van der Waals surface area contributed by atoms with E-state index in [0.717, 1.165) is 14.9 Å². The van der Waals surface area contributed by atoms with Gasteiger partial charge in [-0.3, -0.25) is 0 Å². The van der Waals surface area contributed by atoms with Crippen LogP contribution in [0, 0.1) is 10.5 Å². The highest BCUT2D eigenvalue weighted by molar-refractivity contribution is 14.1. The lowest BCUT2D eigenvalue weighted by Crippen LogP contribution is -2.10. The van der Waals surface area contributed by atoms with Crippen molar-refractivity contribution in [2.24, 2.45) is 0 Å². The van der Waals surface area contributed by atoms with Crippen molar-refractivity contribution in [1.82, 2.24) is 0 Å². The Balaban J connectivity index is 2.18. The van der Waals surface area contributed by atoms with Crippen molar-refractivity contribution in [2.75, 3.05) is 7.11 Å². The summed E-state index contributed by atoms with van der Waals surface area (Å²) in [5.74, 6) is 0.881. The Labute approximate surface area is 125 Å². The molecule has 0 N–H and O–H groups in total. The van der Waals surface area contributed by atoms with Gasteiger partial charge in [0, 0.05) is 3.57 Å². The number of esters is 1. The van der Waals surface area contributed by atoms with E-state index in [4.69, 9.17) is 9.47 Å². The highest BCUT2D eigenvalue weighted by atomic mass is 127. The quantitative estimate of drug-likeness (QED) is 0.469. The average Bonchev–Trinajstić information content (AvgIpc) is 2.42. The predicted octanol–water partition coefficient (Wildman–Crippen LogP) is 3.83. The molecule has 0 unspecified atom stereocenters. The van der Waals surface area contributed by atoms with Gasteiger partial charge in [0.15, 0.2) is 0 Å². The molecule has 3 nitrogen and oxygen atoms in total. The fourth-order valence-electron chi connectivity index (χ4n) is 1.61. The number of carbonyl (C=O) groups excluding carboxylic acids is 1. The van der Waals surface area contributed by atoms with E-state index in [1.165, 1.54) is 0 Å². The van der Waals surface area contributed by atoms with E-state index in [-0.39, 0.29) is 5.97 Å². The summed E-state index contributed by atoms with van der Waals surface area (Å²) >= 11 is 2.15. The van der Waals surface area contributed by atoms with Crippen LogP contribution < -0.4 is 9.47 Å². The predicted molar refractivity (Wildman–Crippen MR) is 81.8 cm³/mol. The molecule has 0 heterocycles. The van der Waals surface area contributed by atoms with Gasteiger partial charge in [0.25, 0.3) is 0 Å². The Morgan fingerprint density at radius 1 is 1.05 bits per heavy atom. The van der Waals surface area contributed by atoms with Gasteiger partial charge in [-0.2, -0.15) is 0 Å². The number of carbonyl (C=O) groups is 1. The Bertz CT molecular complexity index is 591. The third-order valence-electron chi connectivity index (χ3n) is 2.68. The number of hydrogen-bond acceptors (Lipinski definition) is 3. The standard InChI is InChI=1S/C15H13IO3/c1-10-4-3-5-13(14(10)16)15(17)19-12-8-6-11(18-2)7-9-12/h3-9H,1-2H3. The van der Waals surface area contributed by atoms with E-state index < -0.39 is 0 Å². The number of methoxy groups -OCH3 is 1. The van der Waals surface area contributed by atoms with Crippen molar-refractivity contribution in [3.63, 3.8) is 0 Å². The van der Waals surface area contributed by atoms with Crippen LogP contribution in [0.4, 0.5) is 0 Å². The molecule has 19 heavy (non-hydrogen) atoms. The summed E-state index contributed by atoms with van der Waals surface area (Å²) in [7, 11) is 1.59. The smallest absolute Gasteiger partial charge is 0.344 e. The minimum atomic E-state index is -0.349. The van der Waals surface area contributed by atoms with Gasteiger partial charge in [0.1, 0.15) is 11.5 Å². The highest BCUT2D eigenvalue weighted by Gasteiger charge is 2.13. The zero-order chi connectivity index (χ0) is 13.8. The van der Waals surface area contributed by atoms with Crippen molar-refractivity contribution in [1.29, 1.82) is 0 Å². The van der Waals surface area contributed by atoms with Gasteiger partial charge in [-0.25, -0.2) is 4.79 Å². The maximum absolute atomic E-state index is 12.1. The molecule has 0 fully saturated rings. The normalized spacial score (nSPS) is 10.1. The van der Waals surface area contributed by atoms with E-state index in [2.05, 4.69) is 22.6 Å². The summed E-state index contributed by atoms with van der Waals surface area (Å²) in [6.45, 7) is 1.96. The summed E-state index contributed by atoms with van der Waals surface area (Å²) in [6, 6.07) is 12.5. The first-order chi connectivity index (χ1) is 9.11. The molecule has 0 atom stereocenters. The highest BCUT2D eigenvalue weighted by Crippen LogP contribution is 2.21. The van der Waals surface area contributed by atoms with Crippen LogP contribution in [-0.2, 0) is 0 Å². The number of hydrogen-bond donors (Lipinski definition) is 0. The van der Waals surface area contributed by atoms with E-state index in [1.54, 1.807) is 37.4 Å². The monoisotopic (exact) mass is 368 g/mol. The molecule has 2 rings (SSSR count). The molecule has 0 radical (unpaired) electrons. The lowest BCUT2D eigenvalue weighted by Gasteiger charge is -2.08. The van der Waals surface area contributed by atoms with Crippen LogP contribution in [0.5, 0.6) is 11.5 Å². The summed E-state index contributed by atoms with van der Waals surface area (Å²) in [6.07, 6.45) is 0. The first-order valence-electron chi connectivity index (χ1n) is 5.73. The van der Waals surface area contributed by atoms with E-state index in [1.807, 2.05) is 19.1 Å². The molecule has 0 saturated heterocycles. The minimum Gasteiger partial charge on any atom is -0.497 e. The molecule has 98 valence electrons. The first-order valence-corrected chi connectivity index (χ1v) is 6.81. The fourth-order valence-corrected chi connectivity index (χ4v) is 2.19. The number of rotatable bonds is 3. The number of halogens is 1. The van der Waals surface area contributed by atoms with Gasteiger partial charge < -0.3 is 9.47 Å². The topological polar surface area (TPSA) is 35.5 Å². The average molecular weight is 368 g/mol. The SMILES string of the molecule is COc1ccc(OC(=O)c2cccc(C)c2I)cc1.